The van der Waals surface area contributed by atoms with Gasteiger partial charge >= 0.3 is 0 Å². The quantitative estimate of drug-likeness (QED) is 0.426. The zero-order chi connectivity index (χ0) is 18.2. The van der Waals surface area contributed by atoms with E-state index in [0.29, 0.717) is 22.7 Å². The van der Waals surface area contributed by atoms with Crippen molar-refractivity contribution in [1.29, 1.82) is 0 Å². The van der Waals surface area contributed by atoms with E-state index in [1.165, 1.54) is 32.4 Å². The smallest absolute Gasteiger partial charge is 0.274 e. The summed E-state index contributed by atoms with van der Waals surface area (Å²) in [6.45, 7) is 0. The van der Waals surface area contributed by atoms with E-state index in [9.17, 15) is 9.59 Å². The lowest BCUT2D eigenvalue weighted by Crippen LogP contribution is -2.18. The van der Waals surface area contributed by atoms with Crippen LogP contribution in [0.3, 0.4) is 0 Å². The summed E-state index contributed by atoms with van der Waals surface area (Å²) in [6, 6.07) is 11.5. The minimum atomic E-state index is -0.596. The van der Waals surface area contributed by atoms with E-state index in [-0.39, 0.29) is 5.91 Å². The summed E-state index contributed by atoms with van der Waals surface area (Å²) in [5.74, 6) is 0.177. The van der Waals surface area contributed by atoms with Gasteiger partial charge in [-0.15, -0.1) is 0 Å². The molecule has 130 valence electrons. The SMILES string of the molecule is COc1ccc(NC(=O)/C=C/c2ccc(C(=O)NO)cc2)cc1OC. The van der Waals surface area contributed by atoms with Gasteiger partial charge in [0.1, 0.15) is 0 Å². The average molecular weight is 342 g/mol. The second kappa shape index (κ2) is 8.51. The lowest BCUT2D eigenvalue weighted by Gasteiger charge is -2.09. The van der Waals surface area contributed by atoms with Crippen molar-refractivity contribution >= 4 is 23.6 Å². The maximum atomic E-state index is 12.0. The van der Waals surface area contributed by atoms with Crippen LogP contribution in [0.2, 0.25) is 0 Å². The number of ether oxygens (including phenoxy) is 2. The summed E-state index contributed by atoms with van der Waals surface area (Å²) < 4.78 is 10.3. The van der Waals surface area contributed by atoms with Crippen LogP contribution in [-0.4, -0.2) is 31.2 Å². The monoisotopic (exact) mass is 342 g/mol. The third kappa shape index (κ3) is 4.82. The Labute approximate surface area is 144 Å². The predicted octanol–water partition coefficient (Wildman–Crippen LogP) is 2.47. The number of benzene rings is 2. The van der Waals surface area contributed by atoms with Crippen LogP contribution in [0.25, 0.3) is 6.08 Å². The highest BCUT2D eigenvalue weighted by molar-refractivity contribution is 6.02. The molecule has 0 saturated heterocycles. The molecule has 0 unspecified atom stereocenters. The zero-order valence-electron chi connectivity index (χ0n) is 13.8. The first-order valence-electron chi connectivity index (χ1n) is 7.33. The Kier molecular flexibility index (Phi) is 6.14. The Morgan fingerprint density at radius 1 is 1.00 bits per heavy atom. The lowest BCUT2D eigenvalue weighted by molar-refractivity contribution is -0.111. The molecule has 0 heterocycles. The first-order valence-corrected chi connectivity index (χ1v) is 7.33. The summed E-state index contributed by atoms with van der Waals surface area (Å²) in [6.07, 6.45) is 2.98. The van der Waals surface area contributed by atoms with E-state index in [0.717, 1.165) is 5.56 Å². The van der Waals surface area contributed by atoms with E-state index >= 15 is 0 Å². The zero-order valence-corrected chi connectivity index (χ0v) is 13.8. The summed E-state index contributed by atoms with van der Waals surface area (Å²) in [7, 11) is 3.05. The summed E-state index contributed by atoms with van der Waals surface area (Å²) in [5, 5.41) is 11.3. The molecule has 3 N–H and O–H groups in total. The van der Waals surface area contributed by atoms with Crippen LogP contribution in [0.1, 0.15) is 15.9 Å². The highest BCUT2D eigenvalue weighted by Crippen LogP contribution is 2.29. The number of rotatable bonds is 6. The predicted molar refractivity (Wildman–Crippen MR) is 92.9 cm³/mol. The largest absolute Gasteiger partial charge is 0.493 e. The fraction of sp³-hybridized carbons (Fsp3) is 0.111. The van der Waals surface area contributed by atoms with Crippen LogP contribution < -0.4 is 20.3 Å². The number of carbonyl (C=O) groups is 2. The van der Waals surface area contributed by atoms with E-state index in [1.54, 1.807) is 41.9 Å². The molecule has 2 aromatic rings. The highest BCUT2D eigenvalue weighted by Gasteiger charge is 2.06. The maximum Gasteiger partial charge on any atom is 0.274 e. The number of hydrogen-bond donors (Lipinski definition) is 3. The Morgan fingerprint density at radius 2 is 1.68 bits per heavy atom. The molecule has 0 aromatic heterocycles. The minimum absolute atomic E-state index is 0.314. The number of amides is 2. The number of carbonyl (C=O) groups excluding carboxylic acids is 2. The van der Waals surface area contributed by atoms with Crippen molar-refractivity contribution in [3.05, 3.63) is 59.7 Å². The third-order valence-corrected chi connectivity index (χ3v) is 3.35. The van der Waals surface area contributed by atoms with Crippen LogP contribution in [-0.2, 0) is 4.79 Å². The number of methoxy groups -OCH3 is 2. The molecule has 25 heavy (non-hydrogen) atoms. The topological polar surface area (TPSA) is 96.9 Å². The number of nitrogens with one attached hydrogen (secondary N) is 2. The molecule has 0 fully saturated rings. The molecule has 0 spiro atoms. The Bertz CT molecular complexity index is 785. The fourth-order valence-corrected chi connectivity index (χ4v) is 2.08. The molecule has 0 radical (unpaired) electrons. The molecular formula is C18H18N2O5. The minimum Gasteiger partial charge on any atom is -0.493 e. The molecule has 0 aliphatic carbocycles. The molecular weight excluding hydrogens is 324 g/mol. The third-order valence-electron chi connectivity index (χ3n) is 3.35. The van der Waals surface area contributed by atoms with Gasteiger partial charge in [-0.25, -0.2) is 5.48 Å². The van der Waals surface area contributed by atoms with E-state index in [2.05, 4.69) is 5.32 Å². The van der Waals surface area contributed by atoms with Crippen molar-refractivity contribution in [3.63, 3.8) is 0 Å². The van der Waals surface area contributed by atoms with Crippen molar-refractivity contribution in [2.24, 2.45) is 0 Å². The van der Waals surface area contributed by atoms with Gasteiger partial charge in [0.2, 0.25) is 5.91 Å². The maximum absolute atomic E-state index is 12.0. The van der Waals surface area contributed by atoms with Gasteiger partial charge in [-0.1, -0.05) is 12.1 Å². The van der Waals surface area contributed by atoms with Gasteiger partial charge in [0, 0.05) is 23.4 Å². The van der Waals surface area contributed by atoms with Gasteiger partial charge in [0.25, 0.3) is 5.91 Å². The van der Waals surface area contributed by atoms with E-state index in [1.807, 2.05) is 0 Å². The molecule has 0 atom stereocenters. The molecule has 2 amide bonds. The Morgan fingerprint density at radius 3 is 2.28 bits per heavy atom. The normalized spacial score (nSPS) is 10.4. The molecule has 0 bridgehead atoms. The fourth-order valence-electron chi connectivity index (χ4n) is 2.08. The Hall–Kier alpha value is -3.32. The van der Waals surface area contributed by atoms with Crippen LogP contribution in [0, 0.1) is 0 Å². The molecule has 7 heteroatoms. The Balaban J connectivity index is 2.02. The molecule has 7 nitrogen and oxygen atoms in total. The molecule has 2 rings (SSSR count). The van der Waals surface area contributed by atoms with E-state index < -0.39 is 5.91 Å². The number of hydrogen-bond acceptors (Lipinski definition) is 5. The second-order valence-electron chi connectivity index (χ2n) is 4.96. The van der Waals surface area contributed by atoms with Gasteiger partial charge < -0.3 is 14.8 Å². The number of hydroxylamine groups is 1. The molecule has 0 saturated carbocycles. The van der Waals surface area contributed by atoms with Gasteiger partial charge in [-0.3, -0.25) is 14.8 Å². The van der Waals surface area contributed by atoms with Crippen molar-refractivity contribution in [3.8, 4) is 11.5 Å². The lowest BCUT2D eigenvalue weighted by atomic mass is 10.1. The highest BCUT2D eigenvalue weighted by atomic mass is 16.5. The molecule has 0 aliphatic rings. The van der Waals surface area contributed by atoms with Crippen molar-refractivity contribution in [2.45, 2.75) is 0 Å². The second-order valence-corrected chi connectivity index (χ2v) is 4.96. The first-order chi connectivity index (χ1) is 12.1. The first kappa shape index (κ1) is 18.0. The van der Waals surface area contributed by atoms with Crippen LogP contribution in [0.4, 0.5) is 5.69 Å². The summed E-state index contributed by atoms with van der Waals surface area (Å²) in [5.41, 5.74) is 3.17. The summed E-state index contributed by atoms with van der Waals surface area (Å²) in [4.78, 5) is 23.2. The van der Waals surface area contributed by atoms with Crippen molar-refractivity contribution in [2.75, 3.05) is 19.5 Å². The van der Waals surface area contributed by atoms with Crippen LogP contribution in [0.15, 0.2) is 48.5 Å². The van der Waals surface area contributed by atoms with Gasteiger partial charge in [-0.05, 0) is 35.9 Å². The van der Waals surface area contributed by atoms with Gasteiger partial charge in [0.05, 0.1) is 14.2 Å². The molecule has 2 aromatic carbocycles. The number of anilines is 1. The standard InChI is InChI=1S/C18H18N2O5/c1-24-15-9-8-14(11-16(15)25-2)19-17(21)10-5-12-3-6-13(7-4-12)18(22)20-23/h3-11,23H,1-2H3,(H,19,21)(H,20,22)/b10-5+. The van der Waals surface area contributed by atoms with Crippen molar-refractivity contribution in [1.82, 2.24) is 5.48 Å². The van der Waals surface area contributed by atoms with Crippen LogP contribution in [0.5, 0.6) is 11.5 Å². The van der Waals surface area contributed by atoms with E-state index in [4.69, 9.17) is 14.7 Å². The van der Waals surface area contributed by atoms with Crippen molar-refractivity contribution < 1.29 is 24.3 Å². The van der Waals surface area contributed by atoms with Gasteiger partial charge in [0.15, 0.2) is 11.5 Å². The van der Waals surface area contributed by atoms with Crippen LogP contribution >= 0.6 is 0 Å². The van der Waals surface area contributed by atoms with Gasteiger partial charge in [-0.2, -0.15) is 0 Å². The molecule has 0 aliphatic heterocycles. The summed E-state index contributed by atoms with van der Waals surface area (Å²) >= 11 is 0. The average Bonchev–Trinajstić information content (AvgIpc) is 2.66.